The van der Waals surface area contributed by atoms with E-state index in [0.29, 0.717) is 38.7 Å². The summed E-state index contributed by atoms with van der Waals surface area (Å²) in [4.78, 5) is 22.3. The number of aliphatic imine (C=N–C) groups is 1. The molecule has 1 aliphatic rings. The minimum Gasteiger partial charge on any atom is -0.444 e. The number of hydrogen-bond acceptors (Lipinski definition) is 4. The molecule has 1 fully saturated rings. The predicted octanol–water partition coefficient (Wildman–Crippen LogP) is 0.806. The van der Waals surface area contributed by atoms with Crippen LogP contribution in [0, 0.1) is 0 Å². The highest BCUT2D eigenvalue weighted by atomic mass is 16.6. The molecule has 2 N–H and O–H groups in total. The lowest BCUT2D eigenvalue weighted by Crippen LogP contribution is -2.53. The molecule has 0 saturated carbocycles. The van der Waals surface area contributed by atoms with Crippen LogP contribution in [0.15, 0.2) is 4.99 Å². The predicted molar refractivity (Wildman–Crippen MR) is 89.0 cm³/mol. The standard InChI is InChI=1S/C15H31N5O2/c1-6-18(5)8-7-17-13(16)19-9-11-20(12-10-19)14(21)22-15(2,3)4/h6-12H2,1-5H3,(H2,16,17). The summed E-state index contributed by atoms with van der Waals surface area (Å²) >= 11 is 0. The lowest BCUT2D eigenvalue weighted by molar-refractivity contribution is 0.0186. The van der Waals surface area contributed by atoms with E-state index in [4.69, 9.17) is 10.5 Å². The van der Waals surface area contributed by atoms with Crippen LogP contribution in [0.4, 0.5) is 4.79 Å². The smallest absolute Gasteiger partial charge is 0.410 e. The van der Waals surface area contributed by atoms with Gasteiger partial charge in [0, 0.05) is 32.7 Å². The molecule has 0 aromatic rings. The van der Waals surface area contributed by atoms with E-state index in [9.17, 15) is 4.79 Å². The van der Waals surface area contributed by atoms with Gasteiger partial charge in [-0.25, -0.2) is 4.79 Å². The molecule has 1 saturated heterocycles. The van der Waals surface area contributed by atoms with E-state index < -0.39 is 5.60 Å². The fraction of sp³-hybridized carbons (Fsp3) is 0.867. The largest absolute Gasteiger partial charge is 0.444 e. The topological polar surface area (TPSA) is 74.4 Å². The molecule has 0 aromatic carbocycles. The molecule has 1 aliphatic heterocycles. The number of amides is 1. The van der Waals surface area contributed by atoms with Crippen molar-refractivity contribution in [3.8, 4) is 0 Å². The van der Waals surface area contributed by atoms with Gasteiger partial charge < -0.3 is 25.2 Å². The second-order valence-corrected chi connectivity index (χ2v) is 6.59. The highest BCUT2D eigenvalue weighted by Crippen LogP contribution is 2.11. The third-order valence-corrected chi connectivity index (χ3v) is 3.55. The van der Waals surface area contributed by atoms with Gasteiger partial charge in [-0.1, -0.05) is 6.92 Å². The summed E-state index contributed by atoms with van der Waals surface area (Å²) in [6.45, 7) is 12.9. The molecule has 0 unspecified atom stereocenters. The molecular weight excluding hydrogens is 282 g/mol. The lowest BCUT2D eigenvalue weighted by Gasteiger charge is -2.36. The van der Waals surface area contributed by atoms with Crippen molar-refractivity contribution in [1.82, 2.24) is 14.7 Å². The average Bonchev–Trinajstić information content (AvgIpc) is 2.45. The van der Waals surface area contributed by atoms with Gasteiger partial charge in [-0.15, -0.1) is 0 Å². The van der Waals surface area contributed by atoms with Crippen molar-refractivity contribution in [2.75, 3.05) is 52.9 Å². The van der Waals surface area contributed by atoms with Crippen molar-refractivity contribution in [3.63, 3.8) is 0 Å². The van der Waals surface area contributed by atoms with E-state index in [1.54, 1.807) is 4.90 Å². The van der Waals surface area contributed by atoms with E-state index in [-0.39, 0.29) is 6.09 Å². The quantitative estimate of drug-likeness (QED) is 0.614. The summed E-state index contributed by atoms with van der Waals surface area (Å²) < 4.78 is 5.38. The van der Waals surface area contributed by atoms with E-state index in [0.717, 1.165) is 13.1 Å². The summed E-state index contributed by atoms with van der Waals surface area (Å²) in [5.74, 6) is 0.563. The van der Waals surface area contributed by atoms with Crippen LogP contribution in [0.2, 0.25) is 0 Å². The lowest BCUT2D eigenvalue weighted by atomic mass is 10.2. The zero-order valence-electron chi connectivity index (χ0n) is 14.6. The van der Waals surface area contributed by atoms with Crippen LogP contribution in [0.5, 0.6) is 0 Å². The maximum Gasteiger partial charge on any atom is 0.410 e. The summed E-state index contributed by atoms with van der Waals surface area (Å²) in [7, 11) is 2.06. The van der Waals surface area contributed by atoms with Crippen LogP contribution >= 0.6 is 0 Å². The van der Waals surface area contributed by atoms with Crippen LogP contribution < -0.4 is 5.73 Å². The van der Waals surface area contributed by atoms with Gasteiger partial charge in [-0.3, -0.25) is 4.99 Å². The second-order valence-electron chi connectivity index (χ2n) is 6.59. The maximum absolute atomic E-state index is 12.0. The average molecular weight is 313 g/mol. The first-order valence-corrected chi connectivity index (χ1v) is 7.94. The van der Waals surface area contributed by atoms with Gasteiger partial charge in [0.05, 0.1) is 6.54 Å². The van der Waals surface area contributed by atoms with Crippen LogP contribution in [0.3, 0.4) is 0 Å². The first kappa shape index (κ1) is 18.5. The zero-order chi connectivity index (χ0) is 16.8. The van der Waals surface area contributed by atoms with Crippen molar-refractivity contribution in [1.29, 1.82) is 0 Å². The molecule has 0 bridgehead atoms. The van der Waals surface area contributed by atoms with Crippen molar-refractivity contribution in [3.05, 3.63) is 0 Å². The Balaban J connectivity index is 2.38. The highest BCUT2D eigenvalue weighted by Gasteiger charge is 2.26. The minimum atomic E-state index is -0.458. The molecule has 1 rings (SSSR count). The zero-order valence-corrected chi connectivity index (χ0v) is 14.6. The fourth-order valence-electron chi connectivity index (χ4n) is 2.04. The molecule has 0 aromatic heterocycles. The van der Waals surface area contributed by atoms with E-state index in [2.05, 4.69) is 23.9 Å². The van der Waals surface area contributed by atoms with Gasteiger partial charge in [0.2, 0.25) is 0 Å². The van der Waals surface area contributed by atoms with Gasteiger partial charge in [0.1, 0.15) is 5.60 Å². The number of carbonyl (C=O) groups is 1. The first-order valence-electron chi connectivity index (χ1n) is 7.94. The Morgan fingerprint density at radius 3 is 2.27 bits per heavy atom. The first-order chi connectivity index (χ1) is 10.2. The number of ether oxygens (including phenoxy) is 1. The maximum atomic E-state index is 12.0. The van der Waals surface area contributed by atoms with E-state index in [1.807, 2.05) is 25.7 Å². The van der Waals surface area contributed by atoms with Gasteiger partial charge in [-0.2, -0.15) is 0 Å². The Morgan fingerprint density at radius 2 is 1.77 bits per heavy atom. The number of piperazine rings is 1. The number of hydrogen-bond donors (Lipinski definition) is 1. The molecule has 0 radical (unpaired) electrons. The third kappa shape index (κ3) is 6.51. The Kier molecular flexibility index (Phi) is 6.93. The van der Waals surface area contributed by atoms with Crippen molar-refractivity contribution >= 4 is 12.1 Å². The number of guanidine groups is 1. The molecule has 0 aliphatic carbocycles. The van der Waals surface area contributed by atoms with Crippen LogP contribution in [0.1, 0.15) is 27.7 Å². The van der Waals surface area contributed by atoms with Gasteiger partial charge >= 0.3 is 6.09 Å². The Bertz CT molecular complexity index is 384. The molecule has 22 heavy (non-hydrogen) atoms. The minimum absolute atomic E-state index is 0.257. The number of rotatable bonds is 4. The van der Waals surface area contributed by atoms with Crippen molar-refractivity contribution in [2.45, 2.75) is 33.3 Å². The number of likely N-dealkylation sites (N-methyl/N-ethyl adjacent to an activating group) is 1. The Labute approximate surface area is 134 Å². The molecule has 7 nitrogen and oxygen atoms in total. The van der Waals surface area contributed by atoms with Crippen molar-refractivity contribution in [2.24, 2.45) is 10.7 Å². The summed E-state index contributed by atoms with van der Waals surface area (Å²) in [5.41, 5.74) is 5.56. The molecule has 0 atom stereocenters. The molecule has 0 spiro atoms. The van der Waals surface area contributed by atoms with Crippen LogP contribution in [0.25, 0.3) is 0 Å². The Morgan fingerprint density at radius 1 is 1.23 bits per heavy atom. The van der Waals surface area contributed by atoms with Crippen molar-refractivity contribution < 1.29 is 9.53 Å². The molecule has 1 heterocycles. The van der Waals surface area contributed by atoms with Crippen LogP contribution in [-0.2, 0) is 4.74 Å². The normalized spacial score (nSPS) is 17.1. The number of nitrogens with zero attached hydrogens (tertiary/aromatic N) is 4. The second kappa shape index (κ2) is 8.22. The van der Waals surface area contributed by atoms with Crippen LogP contribution in [-0.4, -0.2) is 85.2 Å². The Hall–Kier alpha value is -1.50. The van der Waals surface area contributed by atoms with Gasteiger partial charge in [0.15, 0.2) is 5.96 Å². The summed E-state index contributed by atoms with van der Waals surface area (Å²) in [6, 6.07) is 0. The number of nitrogens with two attached hydrogens (primary N) is 1. The highest BCUT2D eigenvalue weighted by molar-refractivity contribution is 5.78. The SMILES string of the molecule is CCN(C)CCN=C(N)N1CCN(C(=O)OC(C)(C)C)CC1. The van der Waals surface area contributed by atoms with E-state index in [1.165, 1.54) is 0 Å². The molecule has 1 amide bonds. The summed E-state index contributed by atoms with van der Waals surface area (Å²) in [6.07, 6.45) is -0.257. The van der Waals surface area contributed by atoms with Gasteiger partial charge in [-0.05, 0) is 34.4 Å². The fourth-order valence-corrected chi connectivity index (χ4v) is 2.04. The van der Waals surface area contributed by atoms with Gasteiger partial charge in [0.25, 0.3) is 0 Å². The van der Waals surface area contributed by atoms with E-state index >= 15 is 0 Å². The monoisotopic (exact) mass is 313 g/mol. The molecular formula is C15H31N5O2. The number of carbonyl (C=O) groups excluding carboxylic acids is 1. The molecule has 128 valence electrons. The third-order valence-electron chi connectivity index (χ3n) is 3.55. The molecule has 7 heteroatoms. The summed E-state index contributed by atoms with van der Waals surface area (Å²) in [5, 5.41) is 0.